The molecule has 2 aliphatic heterocycles. The third-order valence-electron chi connectivity index (χ3n) is 4.98. The van der Waals surface area contributed by atoms with Gasteiger partial charge < -0.3 is 4.74 Å². The third-order valence-corrected chi connectivity index (χ3v) is 5.75. The number of hydrogen-bond donors (Lipinski definition) is 0. The van der Waals surface area contributed by atoms with Gasteiger partial charge in [-0.25, -0.2) is 4.98 Å². The second kappa shape index (κ2) is 7.70. The van der Waals surface area contributed by atoms with Crippen LogP contribution in [0.3, 0.4) is 0 Å². The Morgan fingerprint density at radius 1 is 1.17 bits per heavy atom. The molecule has 2 aromatic rings. The van der Waals surface area contributed by atoms with Crippen LogP contribution in [0.5, 0.6) is 0 Å². The highest BCUT2D eigenvalue weighted by atomic mass is 32.1. The molecule has 4 rings (SSSR count). The molecule has 0 unspecified atom stereocenters. The standard InChI is InChI=1S/C18H24N4OS/c1-2-15(10-19-4-1)11-22-7-8-23-17-13-21(6-3-16(17)12-22)14-18-20-5-9-24-18/h1-2,4-5,9-10,16-17H,3,6-8,11-14H2/t16-,17-/m1/s1. The summed E-state index contributed by atoms with van der Waals surface area (Å²) in [5.74, 6) is 0.636. The van der Waals surface area contributed by atoms with Gasteiger partial charge in [-0.05, 0) is 24.6 Å². The number of likely N-dealkylation sites (tertiary alicyclic amines) is 1. The van der Waals surface area contributed by atoms with Crippen LogP contribution in [0.25, 0.3) is 0 Å². The number of fused-ring (bicyclic) bond motifs is 1. The van der Waals surface area contributed by atoms with Crippen LogP contribution in [0.15, 0.2) is 36.1 Å². The van der Waals surface area contributed by atoms with Crippen molar-refractivity contribution in [2.45, 2.75) is 25.6 Å². The molecule has 128 valence electrons. The molecule has 2 fully saturated rings. The number of hydrogen-bond acceptors (Lipinski definition) is 6. The summed E-state index contributed by atoms with van der Waals surface area (Å²) in [5, 5.41) is 3.26. The van der Waals surface area contributed by atoms with Crippen molar-refractivity contribution in [3.8, 4) is 0 Å². The van der Waals surface area contributed by atoms with Crippen molar-refractivity contribution in [2.24, 2.45) is 5.92 Å². The van der Waals surface area contributed by atoms with Crippen molar-refractivity contribution >= 4 is 11.3 Å². The molecule has 0 aliphatic carbocycles. The van der Waals surface area contributed by atoms with Crippen molar-refractivity contribution in [3.05, 3.63) is 46.7 Å². The van der Waals surface area contributed by atoms with E-state index in [-0.39, 0.29) is 0 Å². The van der Waals surface area contributed by atoms with E-state index in [9.17, 15) is 0 Å². The van der Waals surface area contributed by atoms with Crippen molar-refractivity contribution in [1.29, 1.82) is 0 Å². The minimum Gasteiger partial charge on any atom is -0.375 e. The summed E-state index contributed by atoms with van der Waals surface area (Å²) < 4.78 is 6.21. The van der Waals surface area contributed by atoms with Gasteiger partial charge in [-0.3, -0.25) is 14.8 Å². The van der Waals surface area contributed by atoms with E-state index in [0.717, 1.165) is 45.9 Å². The van der Waals surface area contributed by atoms with Crippen LogP contribution in [0, 0.1) is 5.92 Å². The Kier molecular flexibility index (Phi) is 5.18. The summed E-state index contributed by atoms with van der Waals surface area (Å²) in [6, 6.07) is 4.18. The maximum atomic E-state index is 6.21. The highest BCUT2D eigenvalue weighted by molar-refractivity contribution is 7.09. The molecule has 24 heavy (non-hydrogen) atoms. The van der Waals surface area contributed by atoms with Gasteiger partial charge in [-0.15, -0.1) is 11.3 Å². The summed E-state index contributed by atoms with van der Waals surface area (Å²) in [7, 11) is 0. The van der Waals surface area contributed by atoms with Gasteiger partial charge in [-0.2, -0.15) is 0 Å². The zero-order chi connectivity index (χ0) is 16.2. The number of nitrogens with zero attached hydrogens (tertiary/aromatic N) is 4. The second-order valence-corrected chi connectivity index (χ2v) is 7.69. The maximum absolute atomic E-state index is 6.21. The Morgan fingerprint density at radius 3 is 2.96 bits per heavy atom. The van der Waals surface area contributed by atoms with Gasteiger partial charge in [0.15, 0.2) is 0 Å². The normalized spacial score (nSPS) is 26.0. The highest BCUT2D eigenvalue weighted by Gasteiger charge is 2.33. The van der Waals surface area contributed by atoms with E-state index in [1.807, 2.05) is 24.7 Å². The minimum atomic E-state index is 0.359. The summed E-state index contributed by atoms with van der Waals surface area (Å²) in [6.07, 6.45) is 7.27. The SMILES string of the molecule is c1cncc(CN2CCO[C@@H]3CN(Cc4nccs4)CC[C@@H]3C2)c1. The average Bonchev–Trinajstić information content (AvgIpc) is 3.02. The van der Waals surface area contributed by atoms with Gasteiger partial charge in [0.1, 0.15) is 5.01 Å². The fourth-order valence-corrected chi connectivity index (χ4v) is 4.40. The van der Waals surface area contributed by atoms with E-state index >= 15 is 0 Å². The van der Waals surface area contributed by atoms with E-state index in [1.54, 1.807) is 11.3 Å². The lowest BCUT2D eigenvalue weighted by atomic mass is 9.93. The van der Waals surface area contributed by atoms with Crippen molar-refractivity contribution in [2.75, 3.05) is 32.8 Å². The molecule has 2 aromatic heterocycles. The van der Waals surface area contributed by atoms with Gasteiger partial charge in [0.2, 0.25) is 0 Å². The van der Waals surface area contributed by atoms with Crippen molar-refractivity contribution in [1.82, 2.24) is 19.8 Å². The maximum Gasteiger partial charge on any atom is 0.107 e. The fraction of sp³-hybridized carbons (Fsp3) is 0.556. The lowest BCUT2D eigenvalue weighted by Crippen LogP contribution is -2.46. The largest absolute Gasteiger partial charge is 0.375 e. The summed E-state index contributed by atoms with van der Waals surface area (Å²) in [6.45, 7) is 7.08. The van der Waals surface area contributed by atoms with Crippen LogP contribution in [0.1, 0.15) is 17.0 Å². The molecule has 0 radical (unpaired) electrons. The van der Waals surface area contributed by atoms with E-state index in [0.29, 0.717) is 12.0 Å². The molecule has 0 N–H and O–H groups in total. The average molecular weight is 344 g/mol. The zero-order valence-electron chi connectivity index (χ0n) is 13.9. The molecule has 6 heteroatoms. The molecule has 0 bridgehead atoms. The van der Waals surface area contributed by atoms with Crippen molar-refractivity contribution < 1.29 is 4.74 Å². The number of thiazole rings is 1. The van der Waals surface area contributed by atoms with Crippen LogP contribution in [-0.4, -0.2) is 58.7 Å². The smallest absolute Gasteiger partial charge is 0.107 e. The molecule has 2 aliphatic rings. The third kappa shape index (κ3) is 4.00. The number of aromatic nitrogens is 2. The molecule has 0 spiro atoms. The zero-order valence-corrected chi connectivity index (χ0v) is 14.7. The summed E-state index contributed by atoms with van der Waals surface area (Å²) in [4.78, 5) is 13.7. The lowest BCUT2D eigenvalue weighted by molar-refractivity contribution is -0.0242. The molecule has 5 nitrogen and oxygen atoms in total. The molecular formula is C18H24N4OS. The lowest BCUT2D eigenvalue weighted by Gasteiger charge is -2.37. The predicted molar refractivity (Wildman–Crippen MR) is 94.8 cm³/mol. The van der Waals surface area contributed by atoms with Gasteiger partial charge >= 0.3 is 0 Å². The molecule has 0 aromatic carbocycles. The first-order chi connectivity index (χ1) is 11.9. The predicted octanol–water partition coefficient (Wildman–Crippen LogP) is 2.26. The Balaban J connectivity index is 1.34. The Bertz CT molecular complexity index is 621. The minimum absolute atomic E-state index is 0.359. The molecule has 2 saturated heterocycles. The summed E-state index contributed by atoms with van der Waals surface area (Å²) >= 11 is 1.74. The van der Waals surface area contributed by atoms with Gasteiger partial charge in [0, 0.05) is 56.1 Å². The second-order valence-electron chi connectivity index (χ2n) is 6.72. The van der Waals surface area contributed by atoms with E-state index in [4.69, 9.17) is 4.74 Å². The van der Waals surface area contributed by atoms with E-state index < -0.39 is 0 Å². The van der Waals surface area contributed by atoms with Crippen molar-refractivity contribution in [3.63, 3.8) is 0 Å². The van der Waals surface area contributed by atoms with Crippen LogP contribution in [0.4, 0.5) is 0 Å². The fourth-order valence-electron chi connectivity index (χ4n) is 3.74. The quantitative estimate of drug-likeness (QED) is 0.851. The van der Waals surface area contributed by atoms with Gasteiger partial charge in [-0.1, -0.05) is 6.07 Å². The van der Waals surface area contributed by atoms with E-state index in [1.165, 1.54) is 17.0 Å². The van der Waals surface area contributed by atoms with Crippen LogP contribution in [0.2, 0.25) is 0 Å². The molecule has 2 atom stereocenters. The van der Waals surface area contributed by atoms with Crippen LogP contribution < -0.4 is 0 Å². The van der Waals surface area contributed by atoms with Crippen LogP contribution in [-0.2, 0) is 17.8 Å². The van der Waals surface area contributed by atoms with E-state index in [2.05, 4.69) is 31.2 Å². The number of rotatable bonds is 4. The van der Waals surface area contributed by atoms with Crippen LogP contribution >= 0.6 is 11.3 Å². The first kappa shape index (κ1) is 16.1. The molecule has 4 heterocycles. The Labute approximate surface area is 147 Å². The number of pyridine rings is 1. The Hall–Kier alpha value is -1.34. The number of ether oxygens (including phenoxy) is 1. The topological polar surface area (TPSA) is 41.5 Å². The molecule has 0 saturated carbocycles. The van der Waals surface area contributed by atoms with Gasteiger partial charge in [0.05, 0.1) is 19.3 Å². The van der Waals surface area contributed by atoms with Gasteiger partial charge in [0.25, 0.3) is 0 Å². The highest BCUT2D eigenvalue weighted by Crippen LogP contribution is 2.26. The first-order valence-corrected chi connectivity index (χ1v) is 9.58. The summed E-state index contributed by atoms with van der Waals surface area (Å²) in [5.41, 5.74) is 1.29. The Morgan fingerprint density at radius 2 is 2.12 bits per heavy atom. The molecular weight excluding hydrogens is 320 g/mol. The number of piperidine rings is 1. The molecule has 0 amide bonds. The first-order valence-electron chi connectivity index (χ1n) is 8.70. The monoisotopic (exact) mass is 344 g/mol.